The Bertz CT molecular complexity index is 579. The number of thiophene rings is 1. The monoisotopic (exact) mass is 273 g/mol. The third-order valence-electron chi connectivity index (χ3n) is 3.39. The molecule has 1 aromatic heterocycles. The number of benzene rings is 1. The van der Waals surface area contributed by atoms with Crippen molar-refractivity contribution in [2.75, 3.05) is 13.1 Å². The van der Waals surface area contributed by atoms with E-state index in [2.05, 4.69) is 0 Å². The standard InChI is InChI=1S/C15H15NO2S/c17-12-6-8-16(10-12)15(18)14-13(7-9-19-14)11-4-2-1-3-5-11/h1-5,7,9,12,17H,6,8,10H2. The van der Waals surface area contributed by atoms with E-state index in [9.17, 15) is 9.90 Å². The summed E-state index contributed by atoms with van der Waals surface area (Å²) in [4.78, 5) is 15.0. The highest BCUT2D eigenvalue weighted by Gasteiger charge is 2.27. The molecule has 0 aliphatic carbocycles. The van der Waals surface area contributed by atoms with Crippen molar-refractivity contribution in [2.24, 2.45) is 0 Å². The fraction of sp³-hybridized carbons (Fsp3) is 0.267. The fourth-order valence-electron chi connectivity index (χ4n) is 2.39. The molecule has 0 spiro atoms. The lowest BCUT2D eigenvalue weighted by molar-refractivity contribution is 0.0770. The van der Waals surface area contributed by atoms with E-state index >= 15 is 0 Å². The number of carbonyl (C=O) groups is 1. The number of amides is 1. The molecule has 2 heterocycles. The first-order valence-electron chi connectivity index (χ1n) is 6.36. The number of rotatable bonds is 2. The number of likely N-dealkylation sites (tertiary alicyclic amines) is 1. The average Bonchev–Trinajstić information content (AvgIpc) is 3.07. The lowest BCUT2D eigenvalue weighted by atomic mass is 10.1. The van der Waals surface area contributed by atoms with Crippen LogP contribution in [0, 0.1) is 0 Å². The van der Waals surface area contributed by atoms with Crippen molar-refractivity contribution in [1.82, 2.24) is 4.90 Å². The van der Waals surface area contributed by atoms with E-state index in [1.54, 1.807) is 4.90 Å². The maximum absolute atomic E-state index is 12.5. The molecule has 2 aromatic rings. The molecule has 1 aromatic carbocycles. The SMILES string of the molecule is O=C(c1sccc1-c1ccccc1)N1CCC(O)C1. The molecule has 3 nitrogen and oxygen atoms in total. The van der Waals surface area contributed by atoms with Crippen LogP contribution in [0.25, 0.3) is 11.1 Å². The van der Waals surface area contributed by atoms with Gasteiger partial charge in [0.2, 0.25) is 0 Å². The Morgan fingerprint density at radius 2 is 2.05 bits per heavy atom. The van der Waals surface area contributed by atoms with Crippen molar-refractivity contribution in [2.45, 2.75) is 12.5 Å². The quantitative estimate of drug-likeness (QED) is 0.913. The van der Waals surface area contributed by atoms with Crippen LogP contribution < -0.4 is 0 Å². The largest absolute Gasteiger partial charge is 0.391 e. The van der Waals surface area contributed by atoms with Gasteiger partial charge in [-0.25, -0.2) is 0 Å². The maximum Gasteiger partial charge on any atom is 0.264 e. The Labute approximate surface area is 116 Å². The van der Waals surface area contributed by atoms with E-state index in [0.29, 0.717) is 19.5 Å². The van der Waals surface area contributed by atoms with Crippen LogP contribution in [-0.2, 0) is 0 Å². The second kappa shape index (κ2) is 5.15. The molecular weight excluding hydrogens is 258 g/mol. The molecule has 1 aliphatic rings. The van der Waals surface area contributed by atoms with E-state index in [1.165, 1.54) is 11.3 Å². The second-order valence-electron chi connectivity index (χ2n) is 4.72. The summed E-state index contributed by atoms with van der Waals surface area (Å²) in [5.41, 5.74) is 2.05. The average molecular weight is 273 g/mol. The van der Waals surface area contributed by atoms with Gasteiger partial charge in [0.1, 0.15) is 0 Å². The normalized spacial score (nSPS) is 18.8. The summed E-state index contributed by atoms with van der Waals surface area (Å²) in [7, 11) is 0. The van der Waals surface area contributed by atoms with Gasteiger partial charge in [-0.3, -0.25) is 4.79 Å². The van der Waals surface area contributed by atoms with Crippen LogP contribution >= 0.6 is 11.3 Å². The van der Waals surface area contributed by atoms with Gasteiger partial charge >= 0.3 is 0 Å². The molecule has 1 unspecified atom stereocenters. The summed E-state index contributed by atoms with van der Waals surface area (Å²) in [5, 5.41) is 11.5. The van der Waals surface area contributed by atoms with Crippen LogP contribution in [0.1, 0.15) is 16.1 Å². The minimum Gasteiger partial charge on any atom is -0.391 e. The van der Waals surface area contributed by atoms with Crippen molar-refractivity contribution in [3.05, 3.63) is 46.7 Å². The highest BCUT2D eigenvalue weighted by Crippen LogP contribution is 2.30. The molecule has 1 amide bonds. The Morgan fingerprint density at radius 3 is 2.74 bits per heavy atom. The number of hydrogen-bond acceptors (Lipinski definition) is 3. The summed E-state index contributed by atoms with van der Waals surface area (Å²) in [6, 6.07) is 11.9. The van der Waals surface area contributed by atoms with E-state index < -0.39 is 0 Å². The smallest absolute Gasteiger partial charge is 0.264 e. The van der Waals surface area contributed by atoms with Crippen LogP contribution in [0.5, 0.6) is 0 Å². The topological polar surface area (TPSA) is 40.5 Å². The Hall–Kier alpha value is -1.65. The zero-order chi connectivity index (χ0) is 13.2. The second-order valence-corrected chi connectivity index (χ2v) is 5.64. The molecule has 4 heteroatoms. The number of aliphatic hydroxyl groups excluding tert-OH is 1. The zero-order valence-electron chi connectivity index (χ0n) is 10.5. The van der Waals surface area contributed by atoms with Crippen LogP contribution in [0.4, 0.5) is 0 Å². The molecule has 1 N–H and O–H groups in total. The van der Waals surface area contributed by atoms with Gasteiger partial charge < -0.3 is 10.0 Å². The predicted molar refractivity (Wildman–Crippen MR) is 76.3 cm³/mol. The van der Waals surface area contributed by atoms with Crippen molar-refractivity contribution in [3.8, 4) is 11.1 Å². The minimum absolute atomic E-state index is 0.0328. The predicted octanol–water partition coefficient (Wildman–Crippen LogP) is 2.62. The summed E-state index contributed by atoms with van der Waals surface area (Å²) in [6.45, 7) is 1.09. The van der Waals surface area contributed by atoms with Crippen molar-refractivity contribution in [3.63, 3.8) is 0 Å². The summed E-state index contributed by atoms with van der Waals surface area (Å²) < 4.78 is 0. The van der Waals surface area contributed by atoms with E-state index in [0.717, 1.165) is 16.0 Å². The third-order valence-corrected chi connectivity index (χ3v) is 4.30. The summed E-state index contributed by atoms with van der Waals surface area (Å²) >= 11 is 1.47. The Kier molecular flexibility index (Phi) is 3.36. The fourth-order valence-corrected chi connectivity index (χ4v) is 3.27. The number of nitrogens with zero attached hydrogens (tertiary/aromatic N) is 1. The molecule has 1 saturated heterocycles. The minimum atomic E-state index is -0.371. The van der Waals surface area contributed by atoms with Gasteiger partial charge in [-0.15, -0.1) is 11.3 Å². The summed E-state index contributed by atoms with van der Waals surface area (Å²) in [6.07, 6.45) is 0.307. The van der Waals surface area contributed by atoms with Crippen LogP contribution in [-0.4, -0.2) is 35.1 Å². The molecule has 0 bridgehead atoms. The molecule has 19 heavy (non-hydrogen) atoms. The molecule has 1 atom stereocenters. The van der Waals surface area contributed by atoms with Gasteiger partial charge in [-0.2, -0.15) is 0 Å². The zero-order valence-corrected chi connectivity index (χ0v) is 11.3. The molecule has 1 aliphatic heterocycles. The van der Waals surface area contributed by atoms with Gasteiger partial charge in [0.15, 0.2) is 0 Å². The molecule has 1 fully saturated rings. The van der Waals surface area contributed by atoms with Gasteiger partial charge in [-0.05, 0) is 23.4 Å². The Morgan fingerprint density at radius 1 is 1.26 bits per heavy atom. The van der Waals surface area contributed by atoms with Crippen molar-refractivity contribution < 1.29 is 9.90 Å². The maximum atomic E-state index is 12.5. The molecule has 0 radical (unpaired) electrons. The third kappa shape index (κ3) is 2.41. The molecule has 3 rings (SSSR count). The molecule has 0 saturated carbocycles. The highest BCUT2D eigenvalue weighted by atomic mass is 32.1. The van der Waals surface area contributed by atoms with Crippen LogP contribution in [0.2, 0.25) is 0 Å². The van der Waals surface area contributed by atoms with E-state index in [-0.39, 0.29) is 12.0 Å². The van der Waals surface area contributed by atoms with Crippen LogP contribution in [0.3, 0.4) is 0 Å². The number of β-amino-alcohol motifs (C(OH)–C–C–N with tert-alkyl or cyclic N) is 1. The Balaban J connectivity index is 1.90. The first kappa shape index (κ1) is 12.4. The number of carbonyl (C=O) groups excluding carboxylic acids is 1. The number of hydrogen-bond donors (Lipinski definition) is 1. The van der Waals surface area contributed by atoms with Crippen molar-refractivity contribution in [1.29, 1.82) is 0 Å². The van der Waals surface area contributed by atoms with Crippen LogP contribution in [0.15, 0.2) is 41.8 Å². The van der Waals surface area contributed by atoms with Gasteiger partial charge in [0.25, 0.3) is 5.91 Å². The van der Waals surface area contributed by atoms with E-state index in [4.69, 9.17) is 0 Å². The van der Waals surface area contributed by atoms with Gasteiger partial charge in [0.05, 0.1) is 11.0 Å². The summed E-state index contributed by atoms with van der Waals surface area (Å²) in [5.74, 6) is 0.0328. The lowest BCUT2D eigenvalue weighted by Gasteiger charge is -2.15. The molecular formula is C15H15NO2S. The first-order valence-corrected chi connectivity index (χ1v) is 7.24. The number of aliphatic hydroxyl groups is 1. The highest BCUT2D eigenvalue weighted by molar-refractivity contribution is 7.12. The molecule has 98 valence electrons. The lowest BCUT2D eigenvalue weighted by Crippen LogP contribution is -2.29. The van der Waals surface area contributed by atoms with E-state index in [1.807, 2.05) is 41.8 Å². The first-order chi connectivity index (χ1) is 9.25. The van der Waals surface area contributed by atoms with Gasteiger partial charge in [-0.1, -0.05) is 30.3 Å². The van der Waals surface area contributed by atoms with Gasteiger partial charge in [0, 0.05) is 18.7 Å². The van der Waals surface area contributed by atoms with Crippen molar-refractivity contribution >= 4 is 17.2 Å².